The molecule has 1 amide bonds. The lowest BCUT2D eigenvalue weighted by Crippen LogP contribution is -2.44. The number of hydrogen-bond donors (Lipinski definition) is 1. The summed E-state index contributed by atoms with van der Waals surface area (Å²) in [6, 6.07) is 0. The summed E-state index contributed by atoms with van der Waals surface area (Å²) in [5.74, 6) is -2.58. The molecule has 1 N–H and O–H groups in total. The Bertz CT molecular complexity index is 403. The summed E-state index contributed by atoms with van der Waals surface area (Å²) in [7, 11) is -3.34. The zero-order valence-corrected chi connectivity index (χ0v) is 10.6. The van der Waals surface area contributed by atoms with E-state index in [2.05, 4.69) is 0 Å². The van der Waals surface area contributed by atoms with Gasteiger partial charge in [-0.3, -0.25) is 9.59 Å². The van der Waals surface area contributed by atoms with Gasteiger partial charge in [-0.1, -0.05) is 6.92 Å². The van der Waals surface area contributed by atoms with E-state index in [9.17, 15) is 18.0 Å². The molecule has 1 atom stereocenters. The summed E-state index contributed by atoms with van der Waals surface area (Å²) < 4.78 is 22.6. The largest absolute Gasteiger partial charge is 0.481 e. The Labute approximate surface area is 101 Å². The minimum absolute atomic E-state index is 0.0745. The van der Waals surface area contributed by atoms with Crippen LogP contribution in [0.15, 0.2) is 0 Å². The molecule has 1 aliphatic rings. The highest BCUT2D eigenvalue weighted by Crippen LogP contribution is 2.17. The molecule has 0 radical (unpaired) electrons. The van der Waals surface area contributed by atoms with Gasteiger partial charge in [0.15, 0.2) is 9.84 Å². The SMILES string of the molecule is CCS(=O)(=O)CC(=O)N1CCCC(C(=O)O)C1. The fourth-order valence-electron chi connectivity index (χ4n) is 1.79. The molecule has 17 heavy (non-hydrogen) atoms. The van der Waals surface area contributed by atoms with Crippen LogP contribution in [0.4, 0.5) is 0 Å². The second kappa shape index (κ2) is 5.48. The van der Waals surface area contributed by atoms with Crippen LogP contribution in [0.5, 0.6) is 0 Å². The monoisotopic (exact) mass is 263 g/mol. The van der Waals surface area contributed by atoms with Crippen LogP contribution >= 0.6 is 0 Å². The van der Waals surface area contributed by atoms with Crippen molar-refractivity contribution in [1.82, 2.24) is 4.90 Å². The van der Waals surface area contributed by atoms with E-state index < -0.39 is 33.4 Å². The Morgan fingerprint density at radius 1 is 1.41 bits per heavy atom. The minimum atomic E-state index is -3.34. The molecule has 0 aromatic heterocycles. The molecule has 1 unspecified atom stereocenters. The van der Waals surface area contributed by atoms with Crippen LogP contribution < -0.4 is 0 Å². The van der Waals surface area contributed by atoms with E-state index in [1.165, 1.54) is 11.8 Å². The fraction of sp³-hybridized carbons (Fsp3) is 0.800. The van der Waals surface area contributed by atoms with Crippen LogP contribution in [-0.2, 0) is 19.4 Å². The van der Waals surface area contributed by atoms with Gasteiger partial charge in [-0.2, -0.15) is 0 Å². The molecule has 7 heteroatoms. The summed E-state index contributed by atoms with van der Waals surface area (Å²) in [6.45, 7) is 2.05. The first-order valence-electron chi connectivity index (χ1n) is 5.56. The van der Waals surface area contributed by atoms with Crippen molar-refractivity contribution in [2.45, 2.75) is 19.8 Å². The van der Waals surface area contributed by atoms with Gasteiger partial charge in [0.1, 0.15) is 5.75 Å². The molecule has 1 saturated heterocycles. The topological polar surface area (TPSA) is 91.8 Å². The van der Waals surface area contributed by atoms with Crippen LogP contribution in [-0.4, -0.2) is 54.9 Å². The van der Waals surface area contributed by atoms with Gasteiger partial charge in [0.2, 0.25) is 5.91 Å². The standard InChI is InChI=1S/C10H17NO5S/c1-2-17(15,16)7-9(12)11-5-3-4-8(6-11)10(13)14/h8H,2-7H2,1H3,(H,13,14). The molecule has 1 aliphatic heterocycles. The van der Waals surface area contributed by atoms with Crippen molar-refractivity contribution in [3.8, 4) is 0 Å². The van der Waals surface area contributed by atoms with Crippen molar-refractivity contribution in [1.29, 1.82) is 0 Å². The van der Waals surface area contributed by atoms with Crippen molar-refractivity contribution >= 4 is 21.7 Å². The Balaban J connectivity index is 2.61. The van der Waals surface area contributed by atoms with Crippen molar-refractivity contribution in [2.75, 3.05) is 24.6 Å². The number of piperidine rings is 1. The van der Waals surface area contributed by atoms with Gasteiger partial charge in [0.25, 0.3) is 0 Å². The third-order valence-corrected chi connectivity index (χ3v) is 4.47. The Kier molecular flexibility index (Phi) is 4.50. The summed E-state index contributed by atoms with van der Waals surface area (Å²) >= 11 is 0. The van der Waals surface area contributed by atoms with Gasteiger partial charge < -0.3 is 10.0 Å². The number of nitrogens with zero attached hydrogens (tertiary/aromatic N) is 1. The average molecular weight is 263 g/mol. The molecule has 1 fully saturated rings. The zero-order valence-electron chi connectivity index (χ0n) is 9.76. The van der Waals surface area contributed by atoms with Crippen molar-refractivity contribution < 1.29 is 23.1 Å². The predicted molar refractivity (Wildman–Crippen MR) is 61.3 cm³/mol. The average Bonchev–Trinajstić information content (AvgIpc) is 2.28. The second-order valence-electron chi connectivity index (χ2n) is 4.19. The van der Waals surface area contributed by atoms with Gasteiger partial charge in [0, 0.05) is 18.8 Å². The van der Waals surface area contributed by atoms with Crippen LogP contribution in [0.3, 0.4) is 0 Å². The van der Waals surface area contributed by atoms with E-state index in [0.29, 0.717) is 19.4 Å². The van der Waals surface area contributed by atoms with E-state index in [0.717, 1.165) is 0 Å². The number of sulfone groups is 1. The molecule has 98 valence electrons. The maximum Gasteiger partial charge on any atom is 0.308 e. The number of likely N-dealkylation sites (tertiary alicyclic amines) is 1. The summed E-state index contributed by atoms with van der Waals surface area (Å²) in [5, 5.41) is 8.86. The van der Waals surface area contributed by atoms with E-state index in [1.54, 1.807) is 0 Å². The summed E-state index contributed by atoms with van der Waals surface area (Å²) in [5.41, 5.74) is 0. The lowest BCUT2D eigenvalue weighted by Gasteiger charge is -2.30. The number of carbonyl (C=O) groups is 2. The molecule has 0 aromatic carbocycles. The number of hydrogen-bond acceptors (Lipinski definition) is 4. The summed E-state index contributed by atoms with van der Waals surface area (Å²) in [4.78, 5) is 23.8. The maximum atomic E-state index is 11.7. The summed E-state index contributed by atoms with van der Waals surface area (Å²) in [6.07, 6.45) is 1.15. The van der Waals surface area contributed by atoms with Crippen LogP contribution in [0.1, 0.15) is 19.8 Å². The van der Waals surface area contributed by atoms with Crippen molar-refractivity contribution in [3.05, 3.63) is 0 Å². The van der Waals surface area contributed by atoms with Gasteiger partial charge >= 0.3 is 5.97 Å². The molecule has 6 nitrogen and oxygen atoms in total. The van der Waals surface area contributed by atoms with E-state index in [-0.39, 0.29) is 12.3 Å². The number of carboxylic acids is 1. The predicted octanol–water partition coefficient (Wildman–Crippen LogP) is -0.256. The molecular formula is C10H17NO5S. The van der Waals surface area contributed by atoms with Crippen LogP contribution in [0.2, 0.25) is 0 Å². The molecule has 0 saturated carbocycles. The lowest BCUT2D eigenvalue weighted by atomic mass is 9.98. The minimum Gasteiger partial charge on any atom is -0.481 e. The highest BCUT2D eigenvalue weighted by Gasteiger charge is 2.29. The van der Waals surface area contributed by atoms with Gasteiger partial charge in [-0.05, 0) is 12.8 Å². The Hall–Kier alpha value is -1.11. The smallest absolute Gasteiger partial charge is 0.308 e. The number of amides is 1. The van der Waals surface area contributed by atoms with E-state index in [4.69, 9.17) is 5.11 Å². The first-order valence-corrected chi connectivity index (χ1v) is 7.39. The molecule has 0 aromatic rings. The van der Waals surface area contributed by atoms with E-state index in [1.807, 2.05) is 0 Å². The second-order valence-corrected chi connectivity index (χ2v) is 6.55. The molecule has 1 rings (SSSR count). The van der Waals surface area contributed by atoms with Crippen molar-refractivity contribution in [2.24, 2.45) is 5.92 Å². The molecular weight excluding hydrogens is 246 g/mol. The third kappa shape index (κ3) is 3.99. The number of aliphatic carboxylic acids is 1. The van der Waals surface area contributed by atoms with Crippen LogP contribution in [0.25, 0.3) is 0 Å². The number of carboxylic acid groups (broad SMARTS) is 1. The Morgan fingerprint density at radius 3 is 2.59 bits per heavy atom. The van der Waals surface area contributed by atoms with Crippen LogP contribution in [0, 0.1) is 5.92 Å². The molecule has 0 spiro atoms. The molecule has 0 bridgehead atoms. The van der Waals surface area contributed by atoms with E-state index >= 15 is 0 Å². The highest BCUT2D eigenvalue weighted by molar-refractivity contribution is 7.92. The van der Waals surface area contributed by atoms with Gasteiger partial charge in [-0.15, -0.1) is 0 Å². The van der Waals surface area contributed by atoms with Gasteiger partial charge in [0.05, 0.1) is 5.92 Å². The van der Waals surface area contributed by atoms with Crippen molar-refractivity contribution in [3.63, 3.8) is 0 Å². The Morgan fingerprint density at radius 2 is 2.06 bits per heavy atom. The van der Waals surface area contributed by atoms with Gasteiger partial charge in [-0.25, -0.2) is 8.42 Å². The number of rotatable bonds is 4. The third-order valence-electron chi connectivity index (χ3n) is 2.91. The number of carbonyl (C=O) groups excluding carboxylic acids is 1. The normalized spacial score (nSPS) is 21.2. The first-order chi connectivity index (χ1) is 7.85. The molecule has 1 heterocycles. The quantitative estimate of drug-likeness (QED) is 0.754. The highest BCUT2D eigenvalue weighted by atomic mass is 32.2. The lowest BCUT2D eigenvalue weighted by molar-refractivity contribution is -0.145. The zero-order chi connectivity index (χ0) is 13.1. The fourth-order valence-corrected chi connectivity index (χ4v) is 2.55. The maximum absolute atomic E-state index is 11.7. The first kappa shape index (κ1) is 14.0. The molecule has 0 aliphatic carbocycles.